The first-order valence-corrected chi connectivity index (χ1v) is 9.63. The maximum Gasteiger partial charge on any atom is 0.255 e. The number of amides is 2. The van der Waals surface area contributed by atoms with Gasteiger partial charge in [0.15, 0.2) is 0 Å². The van der Waals surface area contributed by atoms with Crippen molar-refractivity contribution in [1.82, 2.24) is 14.4 Å². The molecule has 1 aliphatic rings. The Kier molecular flexibility index (Phi) is 5.68. The van der Waals surface area contributed by atoms with Crippen molar-refractivity contribution in [2.24, 2.45) is 7.05 Å². The Balaban J connectivity index is 1.53. The number of aromatic nitrogens is 1. The fraction of sp³-hybridized carbons (Fsp3) is 0.455. The molecule has 0 bridgehead atoms. The zero-order chi connectivity index (χ0) is 19.6. The Hall–Kier alpha value is -2.56. The fourth-order valence-corrected chi connectivity index (χ4v) is 3.69. The second-order valence-corrected chi connectivity index (χ2v) is 7.44. The summed E-state index contributed by atoms with van der Waals surface area (Å²) in [6.07, 6.45) is 1.29. The molecule has 1 fully saturated rings. The van der Waals surface area contributed by atoms with Gasteiger partial charge >= 0.3 is 0 Å². The summed E-state index contributed by atoms with van der Waals surface area (Å²) in [7, 11) is 1.98. The molecule has 0 spiro atoms. The molecule has 2 heterocycles. The highest BCUT2D eigenvalue weighted by molar-refractivity contribution is 5.96. The van der Waals surface area contributed by atoms with Gasteiger partial charge in [-0.05, 0) is 44.4 Å². The van der Waals surface area contributed by atoms with E-state index in [2.05, 4.69) is 19.1 Å². The minimum absolute atomic E-state index is 0.0724. The van der Waals surface area contributed by atoms with Gasteiger partial charge in [0.05, 0.1) is 5.56 Å². The van der Waals surface area contributed by atoms with E-state index in [0.29, 0.717) is 32.6 Å². The molecule has 27 heavy (non-hydrogen) atoms. The Morgan fingerprint density at radius 2 is 1.59 bits per heavy atom. The van der Waals surface area contributed by atoms with E-state index >= 15 is 0 Å². The predicted molar refractivity (Wildman–Crippen MR) is 107 cm³/mol. The third-order valence-corrected chi connectivity index (χ3v) is 5.79. The molecule has 1 aliphatic heterocycles. The monoisotopic (exact) mass is 367 g/mol. The fourth-order valence-electron chi connectivity index (χ4n) is 3.69. The first kappa shape index (κ1) is 19.2. The summed E-state index contributed by atoms with van der Waals surface area (Å²) in [5.74, 6) is 0.250. The second kappa shape index (κ2) is 7.99. The lowest BCUT2D eigenvalue weighted by atomic mass is 10.0. The van der Waals surface area contributed by atoms with Crippen LogP contribution in [0.4, 0.5) is 0 Å². The molecular weight excluding hydrogens is 338 g/mol. The highest BCUT2D eigenvalue weighted by atomic mass is 16.2. The Bertz CT molecular complexity index is 845. The van der Waals surface area contributed by atoms with Gasteiger partial charge in [0.25, 0.3) is 5.91 Å². The van der Waals surface area contributed by atoms with Crippen LogP contribution in [0.5, 0.6) is 0 Å². The van der Waals surface area contributed by atoms with Crippen molar-refractivity contribution in [3.63, 3.8) is 0 Å². The quantitative estimate of drug-likeness (QED) is 0.834. The molecule has 2 amide bonds. The van der Waals surface area contributed by atoms with Gasteiger partial charge in [0, 0.05) is 51.0 Å². The van der Waals surface area contributed by atoms with Gasteiger partial charge in [0.2, 0.25) is 5.91 Å². The molecule has 0 unspecified atom stereocenters. The van der Waals surface area contributed by atoms with Gasteiger partial charge in [-0.15, -0.1) is 0 Å². The van der Waals surface area contributed by atoms with Crippen LogP contribution in [-0.2, 0) is 18.3 Å². The third kappa shape index (κ3) is 4.07. The van der Waals surface area contributed by atoms with Crippen LogP contribution in [0.25, 0.3) is 0 Å². The van der Waals surface area contributed by atoms with Gasteiger partial charge in [-0.2, -0.15) is 0 Å². The van der Waals surface area contributed by atoms with E-state index in [1.807, 2.05) is 53.5 Å². The van der Waals surface area contributed by atoms with Crippen LogP contribution in [0.15, 0.2) is 30.3 Å². The van der Waals surface area contributed by atoms with Gasteiger partial charge in [0.1, 0.15) is 0 Å². The molecule has 1 saturated heterocycles. The maximum absolute atomic E-state index is 12.8. The van der Waals surface area contributed by atoms with Crippen molar-refractivity contribution in [3.8, 4) is 0 Å². The number of benzene rings is 1. The van der Waals surface area contributed by atoms with Crippen LogP contribution in [0.3, 0.4) is 0 Å². The minimum atomic E-state index is 0.0724. The Labute approximate surface area is 161 Å². The first-order valence-electron chi connectivity index (χ1n) is 9.63. The number of carbonyl (C=O) groups excluding carboxylic acids is 2. The molecule has 1 aromatic heterocycles. The van der Waals surface area contributed by atoms with Crippen molar-refractivity contribution in [3.05, 3.63) is 58.4 Å². The van der Waals surface area contributed by atoms with E-state index in [1.165, 1.54) is 11.1 Å². The van der Waals surface area contributed by atoms with Crippen LogP contribution in [0.2, 0.25) is 0 Å². The normalized spacial score (nSPS) is 14.5. The highest BCUT2D eigenvalue weighted by Gasteiger charge is 2.26. The summed E-state index contributed by atoms with van der Waals surface area (Å²) < 4.78 is 2.04. The van der Waals surface area contributed by atoms with E-state index in [1.54, 1.807) is 0 Å². The molecule has 5 nitrogen and oxygen atoms in total. The molecule has 0 saturated carbocycles. The molecule has 0 radical (unpaired) electrons. The van der Waals surface area contributed by atoms with Crippen LogP contribution in [0.1, 0.15) is 39.3 Å². The van der Waals surface area contributed by atoms with Gasteiger partial charge in [-0.3, -0.25) is 9.59 Å². The Morgan fingerprint density at radius 3 is 2.19 bits per heavy atom. The molecule has 144 valence electrons. The number of hydrogen-bond donors (Lipinski definition) is 0. The molecule has 3 rings (SSSR count). The number of nitrogens with zero attached hydrogens (tertiary/aromatic N) is 3. The van der Waals surface area contributed by atoms with Crippen molar-refractivity contribution < 1.29 is 9.59 Å². The van der Waals surface area contributed by atoms with E-state index in [4.69, 9.17) is 0 Å². The van der Waals surface area contributed by atoms with Gasteiger partial charge in [-0.25, -0.2) is 0 Å². The second-order valence-electron chi connectivity index (χ2n) is 7.44. The molecule has 0 aliphatic carbocycles. The van der Waals surface area contributed by atoms with Crippen molar-refractivity contribution in [2.45, 2.75) is 33.6 Å². The summed E-state index contributed by atoms with van der Waals surface area (Å²) in [5.41, 5.74) is 5.31. The summed E-state index contributed by atoms with van der Waals surface area (Å²) in [4.78, 5) is 29.1. The lowest BCUT2D eigenvalue weighted by Gasteiger charge is -2.35. The molecule has 1 aromatic carbocycles. The molecule has 5 heteroatoms. The van der Waals surface area contributed by atoms with E-state index < -0.39 is 0 Å². The molecule has 0 N–H and O–H groups in total. The molecule has 0 atom stereocenters. The highest BCUT2D eigenvalue weighted by Crippen LogP contribution is 2.17. The molecule has 2 aromatic rings. The first-order chi connectivity index (χ1) is 12.9. The number of aryl methyl sites for hydroxylation is 3. The summed E-state index contributed by atoms with van der Waals surface area (Å²) in [5, 5.41) is 0. The number of carbonyl (C=O) groups is 2. The zero-order valence-corrected chi connectivity index (χ0v) is 16.8. The zero-order valence-electron chi connectivity index (χ0n) is 16.8. The summed E-state index contributed by atoms with van der Waals surface area (Å²) in [6, 6.07) is 10.2. The number of rotatable bonds is 4. The van der Waals surface area contributed by atoms with Crippen LogP contribution < -0.4 is 0 Å². The minimum Gasteiger partial charge on any atom is -0.351 e. The summed E-state index contributed by atoms with van der Waals surface area (Å²) >= 11 is 0. The molecular formula is C22H29N3O2. The standard InChI is InChI=1S/C22H29N3O2/c1-16-7-5-6-8-19(16)9-10-21(26)24-11-13-25(14-12-24)22(27)20-15-17(2)23(4)18(20)3/h5-8,15H,9-14H2,1-4H3. The van der Waals surface area contributed by atoms with Crippen LogP contribution in [0, 0.1) is 20.8 Å². The number of piperazine rings is 1. The van der Waals surface area contributed by atoms with E-state index in [9.17, 15) is 9.59 Å². The van der Waals surface area contributed by atoms with Crippen molar-refractivity contribution >= 4 is 11.8 Å². The Morgan fingerprint density at radius 1 is 0.963 bits per heavy atom. The predicted octanol–water partition coefficient (Wildman–Crippen LogP) is 2.87. The number of hydrogen-bond acceptors (Lipinski definition) is 2. The maximum atomic E-state index is 12.8. The average molecular weight is 367 g/mol. The third-order valence-electron chi connectivity index (χ3n) is 5.79. The largest absolute Gasteiger partial charge is 0.351 e. The topological polar surface area (TPSA) is 45.6 Å². The van der Waals surface area contributed by atoms with Crippen LogP contribution >= 0.6 is 0 Å². The smallest absolute Gasteiger partial charge is 0.255 e. The summed E-state index contributed by atoms with van der Waals surface area (Å²) in [6.45, 7) is 8.49. The van der Waals surface area contributed by atoms with E-state index in [-0.39, 0.29) is 11.8 Å². The lowest BCUT2D eigenvalue weighted by Crippen LogP contribution is -2.50. The van der Waals surface area contributed by atoms with Crippen molar-refractivity contribution in [1.29, 1.82) is 0 Å². The van der Waals surface area contributed by atoms with Crippen LogP contribution in [-0.4, -0.2) is 52.4 Å². The average Bonchev–Trinajstić information content (AvgIpc) is 2.94. The lowest BCUT2D eigenvalue weighted by molar-refractivity contribution is -0.132. The SMILES string of the molecule is Cc1ccccc1CCC(=O)N1CCN(C(=O)c2cc(C)n(C)c2C)CC1. The van der Waals surface area contributed by atoms with Crippen molar-refractivity contribution in [2.75, 3.05) is 26.2 Å². The van der Waals surface area contributed by atoms with Gasteiger partial charge < -0.3 is 14.4 Å². The van der Waals surface area contributed by atoms with Gasteiger partial charge in [-0.1, -0.05) is 24.3 Å². The van der Waals surface area contributed by atoms with E-state index in [0.717, 1.165) is 23.4 Å².